The number of likely N-dealkylation sites (tertiary alicyclic amines) is 1. The summed E-state index contributed by atoms with van der Waals surface area (Å²) in [6.07, 6.45) is 3.37. The van der Waals surface area contributed by atoms with Gasteiger partial charge in [-0.2, -0.15) is 0 Å². The van der Waals surface area contributed by atoms with Gasteiger partial charge in [-0.15, -0.1) is 0 Å². The zero-order valence-corrected chi connectivity index (χ0v) is 16.5. The van der Waals surface area contributed by atoms with Crippen LogP contribution in [0.15, 0.2) is 66.7 Å². The van der Waals surface area contributed by atoms with Crippen molar-refractivity contribution < 1.29 is 4.74 Å². The molecule has 0 spiro atoms. The lowest BCUT2D eigenvalue weighted by atomic mass is 9.88. The van der Waals surface area contributed by atoms with Gasteiger partial charge in [-0.3, -0.25) is 0 Å². The van der Waals surface area contributed by atoms with Gasteiger partial charge < -0.3 is 15.0 Å². The van der Waals surface area contributed by atoms with Crippen molar-refractivity contribution in [2.24, 2.45) is 5.92 Å². The predicted molar refractivity (Wildman–Crippen MR) is 117 cm³/mol. The number of benzene rings is 3. The molecule has 3 nitrogen and oxygen atoms in total. The van der Waals surface area contributed by atoms with E-state index >= 15 is 0 Å². The second kappa shape index (κ2) is 8.57. The lowest BCUT2D eigenvalue weighted by molar-refractivity contribution is 0.206. The Morgan fingerprint density at radius 3 is 2.64 bits per heavy atom. The van der Waals surface area contributed by atoms with Crippen molar-refractivity contribution in [3.63, 3.8) is 0 Å². The van der Waals surface area contributed by atoms with Gasteiger partial charge in [-0.05, 0) is 65.9 Å². The largest absolute Gasteiger partial charge is 0.497 e. The standard InChI is InChI=1S/C25H28N2O/c1-28-24-12-11-20-16-22(10-9-21(20)17-24)25(26)23-8-5-14-27(18-23)15-13-19-6-3-2-4-7-19/h2-4,6-7,9-12,16-17,23,26H,5,8,13-15,18H2,1H3. The topological polar surface area (TPSA) is 36.3 Å². The highest BCUT2D eigenvalue weighted by molar-refractivity contribution is 6.03. The van der Waals surface area contributed by atoms with Crippen molar-refractivity contribution in [3.8, 4) is 5.75 Å². The fourth-order valence-corrected chi connectivity index (χ4v) is 4.18. The summed E-state index contributed by atoms with van der Waals surface area (Å²) in [6.45, 7) is 3.21. The molecule has 3 heteroatoms. The number of hydrogen-bond acceptors (Lipinski definition) is 3. The van der Waals surface area contributed by atoms with Crippen LogP contribution in [0.1, 0.15) is 24.0 Å². The maximum absolute atomic E-state index is 8.81. The van der Waals surface area contributed by atoms with E-state index in [1.165, 1.54) is 17.4 Å². The predicted octanol–water partition coefficient (Wildman–Crippen LogP) is 5.17. The summed E-state index contributed by atoms with van der Waals surface area (Å²) >= 11 is 0. The third-order valence-corrected chi connectivity index (χ3v) is 5.83. The first-order chi connectivity index (χ1) is 13.7. The Bertz CT molecular complexity index is 951. The van der Waals surface area contributed by atoms with Crippen LogP contribution in [0, 0.1) is 11.3 Å². The number of ether oxygens (including phenoxy) is 1. The molecule has 0 bridgehead atoms. The second-order valence-electron chi connectivity index (χ2n) is 7.72. The first-order valence-corrected chi connectivity index (χ1v) is 10.2. The summed E-state index contributed by atoms with van der Waals surface area (Å²) in [5, 5.41) is 11.1. The van der Waals surface area contributed by atoms with Gasteiger partial charge in [0, 0.05) is 24.7 Å². The molecule has 0 aromatic heterocycles. The van der Waals surface area contributed by atoms with E-state index in [1.54, 1.807) is 7.11 Å². The first-order valence-electron chi connectivity index (χ1n) is 10.2. The van der Waals surface area contributed by atoms with Crippen molar-refractivity contribution in [1.82, 2.24) is 4.90 Å². The van der Waals surface area contributed by atoms with E-state index < -0.39 is 0 Å². The highest BCUT2D eigenvalue weighted by atomic mass is 16.5. The van der Waals surface area contributed by atoms with Gasteiger partial charge in [-0.25, -0.2) is 0 Å². The molecule has 1 fully saturated rings. The van der Waals surface area contributed by atoms with Crippen LogP contribution in [0.3, 0.4) is 0 Å². The summed E-state index contributed by atoms with van der Waals surface area (Å²) in [4.78, 5) is 2.53. The molecular weight excluding hydrogens is 344 g/mol. The van der Waals surface area contributed by atoms with Crippen LogP contribution in [0.2, 0.25) is 0 Å². The Kier molecular flexibility index (Phi) is 5.73. The monoisotopic (exact) mass is 372 g/mol. The second-order valence-corrected chi connectivity index (χ2v) is 7.72. The number of piperidine rings is 1. The minimum absolute atomic E-state index is 0.320. The molecule has 1 unspecified atom stereocenters. The normalized spacial score (nSPS) is 17.5. The summed E-state index contributed by atoms with van der Waals surface area (Å²) in [5.41, 5.74) is 3.22. The van der Waals surface area contributed by atoms with Crippen LogP contribution in [0.5, 0.6) is 5.75 Å². The van der Waals surface area contributed by atoms with Gasteiger partial charge in [0.25, 0.3) is 0 Å². The molecule has 4 rings (SSSR count). The number of hydrogen-bond donors (Lipinski definition) is 1. The minimum atomic E-state index is 0.320. The van der Waals surface area contributed by atoms with Gasteiger partial charge in [0.15, 0.2) is 0 Å². The summed E-state index contributed by atoms with van der Waals surface area (Å²) < 4.78 is 5.31. The number of fused-ring (bicyclic) bond motifs is 1. The van der Waals surface area contributed by atoms with Gasteiger partial charge >= 0.3 is 0 Å². The van der Waals surface area contributed by atoms with E-state index in [2.05, 4.69) is 65.6 Å². The molecule has 1 aliphatic rings. The van der Waals surface area contributed by atoms with E-state index in [-0.39, 0.29) is 0 Å². The molecule has 144 valence electrons. The van der Waals surface area contributed by atoms with E-state index in [4.69, 9.17) is 10.1 Å². The maximum Gasteiger partial charge on any atom is 0.119 e. The average molecular weight is 373 g/mol. The lowest BCUT2D eigenvalue weighted by Crippen LogP contribution is -2.39. The molecular formula is C25H28N2O. The quantitative estimate of drug-likeness (QED) is 0.606. The van der Waals surface area contributed by atoms with E-state index in [1.807, 2.05) is 6.07 Å². The molecule has 3 aromatic carbocycles. The number of rotatable bonds is 6. The molecule has 0 radical (unpaired) electrons. The molecule has 1 aliphatic heterocycles. The van der Waals surface area contributed by atoms with E-state index in [0.717, 1.165) is 54.9 Å². The third-order valence-electron chi connectivity index (χ3n) is 5.83. The van der Waals surface area contributed by atoms with Gasteiger partial charge in [0.1, 0.15) is 5.75 Å². The number of nitrogens with one attached hydrogen (secondary N) is 1. The molecule has 1 N–H and O–H groups in total. The van der Waals surface area contributed by atoms with Crippen molar-refractivity contribution in [1.29, 1.82) is 5.41 Å². The highest BCUT2D eigenvalue weighted by Crippen LogP contribution is 2.25. The molecule has 1 atom stereocenters. The molecule has 0 aliphatic carbocycles. The van der Waals surface area contributed by atoms with Crippen LogP contribution >= 0.6 is 0 Å². The van der Waals surface area contributed by atoms with Crippen LogP contribution in [0.4, 0.5) is 0 Å². The van der Waals surface area contributed by atoms with Crippen molar-refractivity contribution >= 4 is 16.5 Å². The molecule has 1 heterocycles. The highest BCUT2D eigenvalue weighted by Gasteiger charge is 2.24. The molecule has 0 saturated carbocycles. The fourth-order valence-electron chi connectivity index (χ4n) is 4.18. The fraction of sp³-hybridized carbons (Fsp3) is 0.320. The van der Waals surface area contributed by atoms with Crippen molar-refractivity contribution in [2.75, 3.05) is 26.7 Å². The number of methoxy groups -OCH3 is 1. The Balaban J connectivity index is 1.43. The summed E-state index contributed by atoms with van der Waals surface area (Å²) in [6, 6.07) is 23.2. The number of nitrogens with zero attached hydrogens (tertiary/aromatic N) is 1. The average Bonchev–Trinajstić information content (AvgIpc) is 2.77. The van der Waals surface area contributed by atoms with Crippen LogP contribution in [-0.2, 0) is 6.42 Å². The molecule has 28 heavy (non-hydrogen) atoms. The summed E-state index contributed by atoms with van der Waals surface area (Å²) in [7, 11) is 1.69. The lowest BCUT2D eigenvalue weighted by Gasteiger charge is -2.33. The third kappa shape index (κ3) is 4.26. The van der Waals surface area contributed by atoms with E-state index in [9.17, 15) is 0 Å². The smallest absolute Gasteiger partial charge is 0.119 e. The molecule has 3 aromatic rings. The Morgan fingerprint density at radius 1 is 1.04 bits per heavy atom. The van der Waals surface area contributed by atoms with Gasteiger partial charge in [0.2, 0.25) is 0 Å². The van der Waals surface area contributed by atoms with E-state index in [0.29, 0.717) is 5.92 Å². The van der Waals surface area contributed by atoms with Crippen molar-refractivity contribution in [2.45, 2.75) is 19.3 Å². The van der Waals surface area contributed by atoms with Gasteiger partial charge in [-0.1, -0.05) is 48.5 Å². The molecule has 1 saturated heterocycles. The van der Waals surface area contributed by atoms with Gasteiger partial charge in [0.05, 0.1) is 7.11 Å². The molecule has 0 amide bonds. The van der Waals surface area contributed by atoms with Crippen molar-refractivity contribution in [3.05, 3.63) is 77.9 Å². The summed E-state index contributed by atoms with van der Waals surface area (Å²) in [5.74, 6) is 1.19. The Labute approximate surface area is 167 Å². The zero-order valence-electron chi connectivity index (χ0n) is 16.5. The SMILES string of the molecule is COc1ccc2cc(C(=N)C3CCCN(CCc4ccccc4)C3)ccc2c1. The van der Waals surface area contributed by atoms with Crippen LogP contribution in [-0.4, -0.2) is 37.4 Å². The Hall–Kier alpha value is -2.65. The zero-order chi connectivity index (χ0) is 19.3. The maximum atomic E-state index is 8.81. The minimum Gasteiger partial charge on any atom is -0.497 e. The first kappa shape index (κ1) is 18.7. The van der Waals surface area contributed by atoms with Crippen LogP contribution in [0.25, 0.3) is 10.8 Å². The Morgan fingerprint density at radius 2 is 1.82 bits per heavy atom. The van der Waals surface area contributed by atoms with Crippen LogP contribution < -0.4 is 4.74 Å².